The van der Waals surface area contributed by atoms with Crippen LogP contribution in [0.15, 0.2) is 46.9 Å². The van der Waals surface area contributed by atoms with Crippen LogP contribution in [0.5, 0.6) is 0 Å². The fourth-order valence-corrected chi connectivity index (χ4v) is 2.47. The van der Waals surface area contributed by atoms with Crippen LogP contribution in [0.2, 0.25) is 0 Å². The number of amides is 1. The maximum atomic E-state index is 13.0. The van der Waals surface area contributed by atoms with Crippen molar-refractivity contribution >= 4 is 21.8 Å². The van der Waals surface area contributed by atoms with Crippen LogP contribution in [-0.4, -0.2) is 16.9 Å². The van der Waals surface area contributed by atoms with Gasteiger partial charge in [0, 0.05) is 16.4 Å². The number of carbonyl (C=O) groups excluding carboxylic acids is 1. The van der Waals surface area contributed by atoms with Crippen LogP contribution in [0.4, 0.5) is 4.39 Å². The minimum atomic E-state index is -0.641. The van der Waals surface area contributed by atoms with Gasteiger partial charge in [-0.1, -0.05) is 34.1 Å². The van der Waals surface area contributed by atoms with Crippen molar-refractivity contribution in [2.24, 2.45) is 0 Å². The minimum Gasteiger partial charge on any atom is -0.347 e. The number of aromatic nitrogens is 1. The van der Waals surface area contributed by atoms with Crippen LogP contribution in [0.3, 0.4) is 0 Å². The maximum absolute atomic E-state index is 13.0. The third kappa shape index (κ3) is 2.88. The van der Waals surface area contributed by atoms with E-state index >= 15 is 0 Å². The van der Waals surface area contributed by atoms with Crippen molar-refractivity contribution in [3.05, 3.63) is 64.1 Å². The molecule has 1 aliphatic rings. The summed E-state index contributed by atoms with van der Waals surface area (Å²) in [6.45, 7) is 0. The van der Waals surface area contributed by atoms with Gasteiger partial charge in [-0.3, -0.25) is 4.79 Å². The second-order valence-electron chi connectivity index (χ2n) is 4.82. The van der Waals surface area contributed by atoms with Gasteiger partial charge in [0.2, 0.25) is 5.95 Å². The van der Waals surface area contributed by atoms with Gasteiger partial charge in [0.15, 0.2) is 0 Å². The van der Waals surface area contributed by atoms with E-state index in [1.807, 2.05) is 24.3 Å². The van der Waals surface area contributed by atoms with E-state index in [0.29, 0.717) is 5.92 Å². The lowest BCUT2D eigenvalue weighted by molar-refractivity contribution is 0.0944. The van der Waals surface area contributed by atoms with Gasteiger partial charge in [0.1, 0.15) is 5.69 Å². The van der Waals surface area contributed by atoms with Crippen LogP contribution in [-0.2, 0) is 0 Å². The zero-order valence-corrected chi connectivity index (χ0v) is 12.1. The Morgan fingerprint density at radius 1 is 1.25 bits per heavy atom. The summed E-state index contributed by atoms with van der Waals surface area (Å²) in [5.74, 6) is -0.632. The quantitative estimate of drug-likeness (QED) is 0.875. The first kappa shape index (κ1) is 13.2. The monoisotopic (exact) mass is 334 g/mol. The average molecular weight is 335 g/mol. The first-order valence-corrected chi connectivity index (χ1v) is 7.11. The molecule has 3 rings (SSSR count). The van der Waals surface area contributed by atoms with Gasteiger partial charge < -0.3 is 5.32 Å². The van der Waals surface area contributed by atoms with E-state index in [4.69, 9.17) is 0 Å². The van der Waals surface area contributed by atoms with E-state index in [0.717, 1.165) is 10.9 Å². The lowest BCUT2D eigenvalue weighted by Crippen LogP contribution is -2.27. The Morgan fingerprint density at radius 2 is 2.00 bits per heavy atom. The van der Waals surface area contributed by atoms with Crippen molar-refractivity contribution in [3.63, 3.8) is 0 Å². The summed E-state index contributed by atoms with van der Waals surface area (Å²) >= 11 is 3.39. The average Bonchev–Trinajstić information content (AvgIpc) is 3.19. The number of halogens is 2. The molecule has 1 heterocycles. The predicted octanol–water partition coefficient (Wildman–Crippen LogP) is 3.27. The van der Waals surface area contributed by atoms with Gasteiger partial charge in [0.05, 0.1) is 0 Å². The van der Waals surface area contributed by atoms with Gasteiger partial charge in [0.25, 0.3) is 5.91 Å². The number of nitrogens with one attached hydrogen (secondary N) is 1. The van der Waals surface area contributed by atoms with E-state index in [9.17, 15) is 9.18 Å². The summed E-state index contributed by atoms with van der Waals surface area (Å²) in [4.78, 5) is 15.5. The molecule has 0 saturated heterocycles. The molecular formula is C15H12BrFN2O. The van der Waals surface area contributed by atoms with E-state index < -0.39 is 5.95 Å². The van der Waals surface area contributed by atoms with Gasteiger partial charge in [-0.25, -0.2) is 4.98 Å². The van der Waals surface area contributed by atoms with Crippen molar-refractivity contribution in [3.8, 4) is 0 Å². The molecule has 0 unspecified atom stereocenters. The summed E-state index contributed by atoms with van der Waals surface area (Å²) in [7, 11) is 0. The summed E-state index contributed by atoms with van der Waals surface area (Å²) in [6.07, 6.45) is 0.905. The fourth-order valence-electron chi connectivity index (χ4n) is 2.21. The summed E-state index contributed by atoms with van der Waals surface area (Å²) in [6, 6.07) is 12.4. The van der Waals surface area contributed by atoms with Gasteiger partial charge in [-0.05, 0) is 36.2 Å². The van der Waals surface area contributed by atoms with Crippen molar-refractivity contribution in [1.82, 2.24) is 10.3 Å². The topological polar surface area (TPSA) is 42.0 Å². The molecule has 102 valence electrons. The van der Waals surface area contributed by atoms with Crippen LogP contribution in [0, 0.1) is 5.95 Å². The molecule has 0 radical (unpaired) electrons. The molecule has 1 fully saturated rings. The van der Waals surface area contributed by atoms with E-state index in [-0.39, 0.29) is 17.6 Å². The van der Waals surface area contributed by atoms with Crippen molar-refractivity contribution in [2.75, 3.05) is 0 Å². The van der Waals surface area contributed by atoms with E-state index in [1.165, 1.54) is 23.8 Å². The van der Waals surface area contributed by atoms with Gasteiger partial charge in [-0.15, -0.1) is 0 Å². The smallest absolute Gasteiger partial charge is 0.270 e. The highest BCUT2D eigenvalue weighted by atomic mass is 79.9. The van der Waals surface area contributed by atoms with Crippen LogP contribution in [0.25, 0.3) is 0 Å². The zero-order valence-electron chi connectivity index (χ0n) is 10.5. The van der Waals surface area contributed by atoms with E-state index in [2.05, 4.69) is 26.2 Å². The summed E-state index contributed by atoms with van der Waals surface area (Å²) < 4.78 is 14.0. The Bertz CT molecular complexity index is 645. The maximum Gasteiger partial charge on any atom is 0.270 e. The SMILES string of the molecule is O=C(N[C@H]1C[C@H]1c1ccc(Br)cc1)c1cccc(F)n1. The third-order valence-electron chi connectivity index (χ3n) is 3.35. The molecule has 2 aromatic rings. The molecule has 1 aliphatic carbocycles. The molecule has 0 spiro atoms. The Labute approximate surface area is 124 Å². The van der Waals surface area contributed by atoms with Crippen LogP contribution < -0.4 is 5.32 Å². The molecule has 1 N–H and O–H groups in total. The standard InChI is InChI=1S/C15H12BrFN2O/c16-10-6-4-9(5-7-10)11-8-13(11)19-15(20)12-2-1-3-14(17)18-12/h1-7,11,13H,8H2,(H,19,20)/t11-,13-/m0/s1. The number of benzene rings is 1. The number of hydrogen-bond acceptors (Lipinski definition) is 2. The Hall–Kier alpha value is -1.75. The lowest BCUT2D eigenvalue weighted by Gasteiger charge is -2.04. The second-order valence-corrected chi connectivity index (χ2v) is 5.73. The van der Waals surface area contributed by atoms with Crippen molar-refractivity contribution < 1.29 is 9.18 Å². The molecule has 1 amide bonds. The number of rotatable bonds is 3. The Balaban J connectivity index is 1.63. The highest BCUT2D eigenvalue weighted by Gasteiger charge is 2.39. The molecule has 5 heteroatoms. The van der Waals surface area contributed by atoms with Crippen molar-refractivity contribution in [2.45, 2.75) is 18.4 Å². The minimum absolute atomic E-state index is 0.105. The molecule has 1 aromatic carbocycles. The Kier molecular flexibility index (Phi) is 3.53. The molecule has 3 nitrogen and oxygen atoms in total. The highest BCUT2D eigenvalue weighted by molar-refractivity contribution is 9.10. The number of pyridine rings is 1. The molecule has 1 aromatic heterocycles. The predicted molar refractivity (Wildman–Crippen MR) is 76.9 cm³/mol. The number of hydrogen-bond donors (Lipinski definition) is 1. The molecular weight excluding hydrogens is 323 g/mol. The normalized spacial score (nSPS) is 20.5. The number of carbonyl (C=O) groups is 1. The van der Waals surface area contributed by atoms with Crippen molar-refractivity contribution in [1.29, 1.82) is 0 Å². The lowest BCUT2D eigenvalue weighted by atomic mass is 10.1. The largest absolute Gasteiger partial charge is 0.347 e. The second kappa shape index (κ2) is 5.32. The van der Waals surface area contributed by atoms with Gasteiger partial charge in [-0.2, -0.15) is 4.39 Å². The first-order chi connectivity index (χ1) is 9.63. The summed E-state index contributed by atoms with van der Waals surface area (Å²) in [5.41, 5.74) is 1.32. The molecule has 1 saturated carbocycles. The first-order valence-electron chi connectivity index (χ1n) is 6.32. The van der Waals surface area contributed by atoms with Crippen LogP contribution in [0.1, 0.15) is 28.4 Å². The third-order valence-corrected chi connectivity index (χ3v) is 3.88. The highest BCUT2D eigenvalue weighted by Crippen LogP contribution is 2.41. The molecule has 20 heavy (non-hydrogen) atoms. The molecule has 2 atom stereocenters. The zero-order chi connectivity index (χ0) is 14.1. The van der Waals surface area contributed by atoms with E-state index in [1.54, 1.807) is 0 Å². The summed E-state index contributed by atoms with van der Waals surface area (Å²) in [5, 5.41) is 2.88. The fraction of sp³-hybridized carbons (Fsp3) is 0.200. The molecule has 0 aliphatic heterocycles. The van der Waals surface area contributed by atoms with Crippen LogP contribution >= 0.6 is 15.9 Å². The number of nitrogens with zero attached hydrogens (tertiary/aromatic N) is 1. The molecule has 0 bridgehead atoms. The Morgan fingerprint density at radius 3 is 2.70 bits per heavy atom. The van der Waals surface area contributed by atoms with Gasteiger partial charge >= 0.3 is 0 Å².